The van der Waals surface area contributed by atoms with Crippen LogP contribution in [-0.2, 0) is 4.79 Å². The van der Waals surface area contributed by atoms with Crippen molar-refractivity contribution in [1.82, 2.24) is 5.32 Å². The largest absolute Gasteiger partial charge is 0.387 e. The quantitative estimate of drug-likeness (QED) is 0.650. The summed E-state index contributed by atoms with van der Waals surface area (Å²) in [4.78, 5) is 10.7. The third-order valence-electron chi connectivity index (χ3n) is 2.63. The normalized spacial score (nSPS) is 28.3. The van der Waals surface area contributed by atoms with Gasteiger partial charge in [-0.2, -0.15) is 0 Å². The molecule has 70 valence electrons. The number of nitrogens with one attached hydrogen (secondary N) is 1. The van der Waals surface area contributed by atoms with Crippen LogP contribution in [0.3, 0.4) is 0 Å². The molecule has 0 aliphatic heterocycles. The van der Waals surface area contributed by atoms with Crippen molar-refractivity contribution in [2.75, 3.05) is 6.61 Å². The first kappa shape index (κ1) is 9.52. The summed E-state index contributed by atoms with van der Waals surface area (Å²) in [6.45, 7) is 4.02. The molecule has 3 nitrogen and oxygen atoms in total. The van der Waals surface area contributed by atoms with Crippen molar-refractivity contribution < 1.29 is 9.90 Å². The van der Waals surface area contributed by atoms with E-state index in [1.807, 2.05) is 0 Å². The molecule has 0 radical (unpaired) electrons. The van der Waals surface area contributed by atoms with E-state index in [0.717, 1.165) is 18.8 Å². The van der Waals surface area contributed by atoms with E-state index >= 15 is 0 Å². The van der Waals surface area contributed by atoms with Crippen LogP contribution in [-0.4, -0.2) is 23.7 Å². The van der Waals surface area contributed by atoms with E-state index < -0.39 is 0 Å². The minimum atomic E-state index is -0.386. The number of carbonyl (C=O) groups excluding carboxylic acids is 1. The lowest BCUT2D eigenvalue weighted by atomic mass is 9.74. The van der Waals surface area contributed by atoms with Crippen LogP contribution in [0.1, 0.15) is 26.7 Å². The van der Waals surface area contributed by atoms with Crippen LogP contribution in [0.25, 0.3) is 0 Å². The molecule has 1 amide bonds. The molecule has 12 heavy (non-hydrogen) atoms. The van der Waals surface area contributed by atoms with Crippen LogP contribution >= 0.6 is 0 Å². The van der Waals surface area contributed by atoms with Crippen LogP contribution in [0, 0.1) is 11.8 Å². The molecule has 0 saturated heterocycles. The van der Waals surface area contributed by atoms with E-state index in [-0.39, 0.29) is 12.5 Å². The molecule has 3 heteroatoms. The smallest absolute Gasteiger partial charge is 0.245 e. The third-order valence-corrected chi connectivity index (χ3v) is 2.63. The molecule has 0 aromatic rings. The van der Waals surface area contributed by atoms with Gasteiger partial charge in [-0.05, 0) is 24.7 Å². The number of aliphatic hydroxyl groups is 1. The Hall–Kier alpha value is -0.570. The highest BCUT2D eigenvalue weighted by atomic mass is 16.3. The summed E-state index contributed by atoms with van der Waals surface area (Å²) in [5.41, 5.74) is 0. The number of amides is 1. The lowest BCUT2D eigenvalue weighted by Gasteiger charge is -2.38. The zero-order valence-corrected chi connectivity index (χ0v) is 7.71. The average molecular weight is 171 g/mol. The first-order chi connectivity index (χ1) is 5.63. The Morgan fingerprint density at radius 2 is 2.17 bits per heavy atom. The van der Waals surface area contributed by atoms with Crippen LogP contribution in [0.5, 0.6) is 0 Å². The second kappa shape index (κ2) is 3.90. The molecule has 1 fully saturated rings. The molecule has 1 aliphatic carbocycles. The van der Waals surface area contributed by atoms with Crippen molar-refractivity contribution in [1.29, 1.82) is 0 Å². The molecule has 1 rings (SSSR count). The highest BCUT2D eigenvalue weighted by Crippen LogP contribution is 2.33. The first-order valence-corrected chi connectivity index (χ1v) is 4.53. The summed E-state index contributed by atoms with van der Waals surface area (Å²) in [6.07, 6.45) is 2.15. The van der Waals surface area contributed by atoms with E-state index in [1.165, 1.54) is 0 Å². The fraction of sp³-hybridized carbons (Fsp3) is 0.889. The summed E-state index contributed by atoms with van der Waals surface area (Å²) in [7, 11) is 0. The SMILES string of the molecule is CC(C)C1CC(NC(=O)CO)C1. The summed E-state index contributed by atoms with van der Waals surface area (Å²) >= 11 is 0. The number of hydrogen-bond acceptors (Lipinski definition) is 2. The molecule has 0 spiro atoms. The van der Waals surface area contributed by atoms with Gasteiger partial charge in [0, 0.05) is 6.04 Å². The maximum atomic E-state index is 10.7. The summed E-state index contributed by atoms with van der Waals surface area (Å²) in [6, 6.07) is 0.317. The van der Waals surface area contributed by atoms with E-state index in [0.29, 0.717) is 12.0 Å². The summed E-state index contributed by atoms with van der Waals surface area (Å²) in [5.74, 6) is 1.23. The third kappa shape index (κ3) is 2.21. The van der Waals surface area contributed by atoms with Crippen molar-refractivity contribution in [3.8, 4) is 0 Å². The molecule has 1 saturated carbocycles. The van der Waals surface area contributed by atoms with Gasteiger partial charge in [-0.25, -0.2) is 0 Å². The Morgan fingerprint density at radius 1 is 1.58 bits per heavy atom. The van der Waals surface area contributed by atoms with Crippen LogP contribution in [0.4, 0.5) is 0 Å². The van der Waals surface area contributed by atoms with Crippen LogP contribution in [0.2, 0.25) is 0 Å². The second-order valence-electron chi connectivity index (χ2n) is 3.90. The van der Waals surface area contributed by atoms with Gasteiger partial charge >= 0.3 is 0 Å². The van der Waals surface area contributed by atoms with Crippen molar-refractivity contribution in [2.45, 2.75) is 32.7 Å². The number of aliphatic hydroxyl groups excluding tert-OH is 1. The maximum absolute atomic E-state index is 10.7. The Labute approximate surface area is 73.2 Å². The molecular weight excluding hydrogens is 154 g/mol. The highest BCUT2D eigenvalue weighted by molar-refractivity contribution is 5.77. The minimum absolute atomic E-state index is 0.248. The number of hydrogen-bond donors (Lipinski definition) is 2. The van der Waals surface area contributed by atoms with Crippen LogP contribution < -0.4 is 5.32 Å². The van der Waals surface area contributed by atoms with Gasteiger partial charge in [-0.3, -0.25) is 4.79 Å². The van der Waals surface area contributed by atoms with Crippen molar-refractivity contribution in [3.05, 3.63) is 0 Å². The lowest BCUT2D eigenvalue weighted by molar-refractivity contribution is -0.125. The van der Waals surface area contributed by atoms with Gasteiger partial charge in [0.25, 0.3) is 0 Å². The molecule has 0 atom stereocenters. The number of rotatable bonds is 3. The van der Waals surface area contributed by atoms with Crippen molar-refractivity contribution in [3.63, 3.8) is 0 Å². The minimum Gasteiger partial charge on any atom is -0.387 e. The molecule has 0 aromatic carbocycles. The molecule has 0 aromatic heterocycles. The summed E-state index contributed by atoms with van der Waals surface area (Å²) in [5, 5.41) is 11.2. The van der Waals surface area contributed by atoms with Crippen molar-refractivity contribution >= 4 is 5.91 Å². The second-order valence-corrected chi connectivity index (χ2v) is 3.90. The Bertz CT molecular complexity index is 162. The Kier molecular flexibility index (Phi) is 3.09. The zero-order valence-electron chi connectivity index (χ0n) is 7.71. The summed E-state index contributed by atoms with van der Waals surface area (Å²) < 4.78 is 0. The molecular formula is C9H17NO2. The van der Waals surface area contributed by atoms with Gasteiger partial charge in [0.2, 0.25) is 5.91 Å². The monoisotopic (exact) mass is 171 g/mol. The van der Waals surface area contributed by atoms with Gasteiger partial charge in [0.05, 0.1) is 0 Å². The van der Waals surface area contributed by atoms with E-state index in [1.54, 1.807) is 0 Å². The van der Waals surface area contributed by atoms with Crippen LogP contribution in [0.15, 0.2) is 0 Å². The van der Waals surface area contributed by atoms with Gasteiger partial charge in [0.15, 0.2) is 0 Å². The fourth-order valence-corrected chi connectivity index (χ4v) is 1.60. The molecule has 0 unspecified atom stereocenters. The van der Waals surface area contributed by atoms with E-state index in [9.17, 15) is 4.79 Å². The molecule has 0 bridgehead atoms. The van der Waals surface area contributed by atoms with Gasteiger partial charge in [-0.15, -0.1) is 0 Å². The van der Waals surface area contributed by atoms with Gasteiger partial charge in [-0.1, -0.05) is 13.8 Å². The predicted molar refractivity (Wildman–Crippen MR) is 46.6 cm³/mol. The van der Waals surface area contributed by atoms with E-state index in [2.05, 4.69) is 19.2 Å². The average Bonchev–Trinajstić information content (AvgIpc) is 1.94. The molecule has 2 N–H and O–H groups in total. The molecule has 0 heterocycles. The highest BCUT2D eigenvalue weighted by Gasteiger charge is 2.31. The maximum Gasteiger partial charge on any atom is 0.245 e. The van der Waals surface area contributed by atoms with Crippen molar-refractivity contribution in [2.24, 2.45) is 11.8 Å². The number of carbonyl (C=O) groups is 1. The lowest BCUT2D eigenvalue weighted by Crippen LogP contribution is -2.46. The predicted octanol–water partition coefficient (Wildman–Crippen LogP) is 0.529. The fourth-order valence-electron chi connectivity index (χ4n) is 1.60. The van der Waals surface area contributed by atoms with Gasteiger partial charge in [0.1, 0.15) is 6.61 Å². The molecule has 1 aliphatic rings. The zero-order chi connectivity index (χ0) is 9.14. The standard InChI is InChI=1S/C9H17NO2/c1-6(2)7-3-8(4-7)10-9(12)5-11/h6-8,11H,3-5H2,1-2H3,(H,10,12). The topological polar surface area (TPSA) is 49.3 Å². The Balaban J connectivity index is 2.13. The van der Waals surface area contributed by atoms with E-state index in [4.69, 9.17) is 5.11 Å². The van der Waals surface area contributed by atoms with Gasteiger partial charge < -0.3 is 10.4 Å². The Morgan fingerprint density at radius 3 is 2.58 bits per heavy atom. The first-order valence-electron chi connectivity index (χ1n) is 4.53.